The van der Waals surface area contributed by atoms with Gasteiger partial charge in [0.2, 0.25) is 0 Å². The molecule has 2 aromatic heterocycles. The van der Waals surface area contributed by atoms with Crippen molar-refractivity contribution in [2.45, 2.75) is 19.9 Å². The Bertz CT molecular complexity index is 863. The summed E-state index contributed by atoms with van der Waals surface area (Å²) in [6.07, 6.45) is 5.64. The van der Waals surface area contributed by atoms with Gasteiger partial charge in [-0.15, -0.1) is 0 Å². The van der Waals surface area contributed by atoms with Crippen molar-refractivity contribution in [3.63, 3.8) is 0 Å². The molecule has 24 heavy (non-hydrogen) atoms. The van der Waals surface area contributed by atoms with Crippen molar-refractivity contribution in [2.24, 2.45) is 13.0 Å². The number of fused-ring (bicyclic) bond motifs is 1. The summed E-state index contributed by atoms with van der Waals surface area (Å²) >= 11 is 0. The molecule has 1 amide bonds. The standard InChI is InChI=1S/C18H22N4O2/c1-12(2)16(11-23)20-17(24)14-6-4-5-13(9-14)15-10-19-22-8-7-21(3)18(15)22/h4-10,12,16,23H,11H2,1-3H3,(H,20,24)/t16-/m1/s1. The lowest BCUT2D eigenvalue weighted by Crippen LogP contribution is -2.41. The van der Waals surface area contributed by atoms with E-state index in [1.54, 1.807) is 12.3 Å². The van der Waals surface area contributed by atoms with E-state index >= 15 is 0 Å². The van der Waals surface area contributed by atoms with Crippen LogP contribution in [-0.2, 0) is 7.05 Å². The number of aromatic nitrogens is 3. The van der Waals surface area contributed by atoms with Crippen molar-refractivity contribution in [2.75, 3.05) is 6.61 Å². The minimum absolute atomic E-state index is 0.0729. The third-order valence-corrected chi connectivity index (χ3v) is 4.29. The number of amides is 1. The minimum atomic E-state index is -0.253. The van der Waals surface area contributed by atoms with Crippen molar-refractivity contribution < 1.29 is 9.90 Å². The number of carbonyl (C=O) groups is 1. The molecule has 0 unspecified atom stereocenters. The number of hydrogen-bond acceptors (Lipinski definition) is 3. The first kappa shape index (κ1) is 16.3. The smallest absolute Gasteiger partial charge is 0.251 e. The van der Waals surface area contributed by atoms with Crippen LogP contribution < -0.4 is 5.32 Å². The van der Waals surface area contributed by atoms with Crippen LogP contribution in [0.25, 0.3) is 16.8 Å². The highest BCUT2D eigenvalue weighted by Gasteiger charge is 2.17. The molecule has 0 aliphatic rings. The lowest BCUT2D eigenvalue weighted by atomic mass is 10.0. The summed E-state index contributed by atoms with van der Waals surface area (Å²) in [5.74, 6) is -0.0132. The third kappa shape index (κ3) is 2.92. The van der Waals surface area contributed by atoms with E-state index in [2.05, 4.69) is 10.4 Å². The van der Waals surface area contributed by atoms with Crippen LogP contribution in [0.1, 0.15) is 24.2 Å². The zero-order chi connectivity index (χ0) is 17.3. The van der Waals surface area contributed by atoms with Gasteiger partial charge in [0.1, 0.15) is 5.65 Å². The van der Waals surface area contributed by atoms with E-state index in [1.807, 2.05) is 60.6 Å². The van der Waals surface area contributed by atoms with Crippen molar-refractivity contribution in [1.29, 1.82) is 0 Å². The first-order valence-corrected chi connectivity index (χ1v) is 8.02. The fourth-order valence-electron chi connectivity index (χ4n) is 2.76. The van der Waals surface area contributed by atoms with E-state index in [4.69, 9.17) is 0 Å². The Morgan fingerprint density at radius 2 is 2.12 bits per heavy atom. The quantitative estimate of drug-likeness (QED) is 0.754. The molecular formula is C18H22N4O2. The predicted molar refractivity (Wildman–Crippen MR) is 92.8 cm³/mol. The maximum atomic E-state index is 12.5. The van der Waals surface area contributed by atoms with Crippen molar-refractivity contribution in [3.8, 4) is 11.1 Å². The number of benzene rings is 1. The number of nitrogens with one attached hydrogen (secondary N) is 1. The molecule has 1 atom stereocenters. The molecular weight excluding hydrogens is 304 g/mol. The Morgan fingerprint density at radius 1 is 1.33 bits per heavy atom. The van der Waals surface area contributed by atoms with Gasteiger partial charge in [0.25, 0.3) is 5.91 Å². The van der Waals surface area contributed by atoms with E-state index in [1.165, 1.54) is 0 Å². The monoisotopic (exact) mass is 326 g/mol. The van der Waals surface area contributed by atoms with Gasteiger partial charge in [-0.25, -0.2) is 4.52 Å². The maximum Gasteiger partial charge on any atom is 0.251 e. The Labute approximate surface area is 140 Å². The zero-order valence-corrected chi connectivity index (χ0v) is 14.1. The van der Waals surface area contributed by atoms with Crippen molar-refractivity contribution >= 4 is 11.6 Å². The topological polar surface area (TPSA) is 71.6 Å². The number of nitrogens with zero attached hydrogens (tertiary/aromatic N) is 3. The van der Waals surface area contributed by atoms with E-state index in [0.717, 1.165) is 16.8 Å². The van der Waals surface area contributed by atoms with Crippen LogP contribution in [0.4, 0.5) is 0 Å². The van der Waals surface area contributed by atoms with Crippen LogP contribution in [0.5, 0.6) is 0 Å². The fraction of sp³-hybridized carbons (Fsp3) is 0.333. The van der Waals surface area contributed by atoms with Crippen LogP contribution in [0.15, 0.2) is 42.9 Å². The first-order valence-electron chi connectivity index (χ1n) is 8.02. The Hall–Kier alpha value is -2.60. The zero-order valence-electron chi connectivity index (χ0n) is 14.1. The van der Waals surface area contributed by atoms with Gasteiger partial charge in [0, 0.05) is 30.6 Å². The SMILES string of the molecule is CC(C)[C@@H](CO)NC(=O)c1cccc(-c2cnn3ccn(C)c23)c1. The number of carbonyl (C=O) groups excluding carboxylic acids is 1. The molecule has 3 aromatic rings. The van der Waals surface area contributed by atoms with Gasteiger partial charge >= 0.3 is 0 Å². The minimum Gasteiger partial charge on any atom is -0.394 e. The van der Waals surface area contributed by atoms with Gasteiger partial charge in [-0.3, -0.25) is 4.79 Å². The van der Waals surface area contributed by atoms with Gasteiger partial charge in [-0.2, -0.15) is 5.10 Å². The molecule has 0 fully saturated rings. The highest BCUT2D eigenvalue weighted by molar-refractivity contribution is 5.96. The molecule has 0 aliphatic heterocycles. The number of aliphatic hydroxyl groups excluding tert-OH is 1. The fourth-order valence-corrected chi connectivity index (χ4v) is 2.76. The summed E-state index contributed by atoms with van der Waals surface area (Å²) < 4.78 is 3.80. The maximum absolute atomic E-state index is 12.5. The molecule has 6 heteroatoms. The predicted octanol–water partition coefficient (Wildman–Crippen LogP) is 2.09. The lowest BCUT2D eigenvalue weighted by molar-refractivity contribution is 0.0897. The van der Waals surface area contributed by atoms with Crippen LogP contribution >= 0.6 is 0 Å². The summed E-state index contributed by atoms with van der Waals surface area (Å²) in [4.78, 5) is 12.5. The summed E-state index contributed by atoms with van der Waals surface area (Å²) in [7, 11) is 1.96. The Morgan fingerprint density at radius 3 is 2.83 bits per heavy atom. The van der Waals surface area contributed by atoms with Crippen molar-refractivity contribution in [1.82, 2.24) is 19.5 Å². The Kier molecular flexibility index (Phi) is 4.40. The van der Waals surface area contributed by atoms with Gasteiger partial charge in [-0.1, -0.05) is 26.0 Å². The highest BCUT2D eigenvalue weighted by Crippen LogP contribution is 2.25. The summed E-state index contributed by atoms with van der Waals surface area (Å²) in [6.45, 7) is 3.86. The lowest BCUT2D eigenvalue weighted by Gasteiger charge is -2.20. The first-order chi connectivity index (χ1) is 11.5. The number of aliphatic hydroxyl groups is 1. The summed E-state index contributed by atoms with van der Waals surface area (Å²) in [5.41, 5.74) is 3.45. The molecule has 1 aromatic carbocycles. The molecule has 0 bridgehead atoms. The van der Waals surface area contributed by atoms with Crippen LogP contribution in [0.3, 0.4) is 0 Å². The van der Waals surface area contributed by atoms with Gasteiger partial charge in [0.15, 0.2) is 0 Å². The number of aryl methyl sites for hydroxylation is 1. The molecule has 0 saturated heterocycles. The van der Waals surface area contributed by atoms with Crippen LogP contribution in [-0.4, -0.2) is 37.8 Å². The molecule has 0 saturated carbocycles. The van der Waals surface area contributed by atoms with E-state index in [0.29, 0.717) is 5.56 Å². The normalized spacial score (nSPS) is 12.7. The third-order valence-electron chi connectivity index (χ3n) is 4.29. The summed E-state index contributed by atoms with van der Waals surface area (Å²) in [5, 5.41) is 16.6. The largest absolute Gasteiger partial charge is 0.394 e. The second-order valence-corrected chi connectivity index (χ2v) is 6.32. The molecule has 2 heterocycles. The molecule has 2 N–H and O–H groups in total. The second kappa shape index (κ2) is 6.49. The Balaban J connectivity index is 1.92. The molecule has 0 radical (unpaired) electrons. The van der Waals surface area contributed by atoms with Gasteiger partial charge < -0.3 is 15.0 Å². The molecule has 126 valence electrons. The average Bonchev–Trinajstić information content (AvgIpc) is 3.15. The van der Waals surface area contributed by atoms with E-state index in [-0.39, 0.29) is 24.5 Å². The van der Waals surface area contributed by atoms with E-state index < -0.39 is 0 Å². The molecule has 6 nitrogen and oxygen atoms in total. The summed E-state index contributed by atoms with van der Waals surface area (Å²) in [6, 6.07) is 7.21. The van der Waals surface area contributed by atoms with Gasteiger partial charge in [-0.05, 0) is 23.6 Å². The molecule has 0 spiro atoms. The van der Waals surface area contributed by atoms with E-state index in [9.17, 15) is 9.90 Å². The number of imidazole rings is 1. The van der Waals surface area contributed by atoms with Crippen LogP contribution in [0.2, 0.25) is 0 Å². The highest BCUT2D eigenvalue weighted by atomic mass is 16.3. The molecule has 0 aliphatic carbocycles. The van der Waals surface area contributed by atoms with Gasteiger partial charge in [0.05, 0.1) is 18.8 Å². The number of hydrogen-bond donors (Lipinski definition) is 2. The van der Waals surface area contributed by atoms with Crippen LogP contribution in [0, 0.1) is 5.92 Å². The second-order valence-electron chi connectivity index (χ2n) is 6.32. The van der Waals surface area contributed by atoms with Crippen molar-refractivity contribution in [3.05, 3.63) is 48.4 Å². The number of rotatable bonds is 5. The molecule has 3 rings (SSSR count). The average molecular weight is 326 g/mol.